The van der Waals surface area contributed by atoms with Crippen molar-refractivity contribution in [3.05, 3.63) is 11.6 Å². The average molecular weight is 205 g/mol. The Labute approximate surface area is 84.9 Å². The van der Waals surface area contributed by atoms with Crippen LogP contribution in [-0.4, -0.2) is 18.5 Å². The number of carbonyl (C=O) groups excluding carboxylic acids is 1. The molecule has 0 heterocycles. The maximum atomic E-state index is 11.0. The first-order valence-electron chi connectivity index (χ1n) is 4.60. The van der Waals surface area contributed by atoms with Gasteiger partial charge in [0.25, 0.3) is 0 Å². The van der Waals surface area contributed by atoms with Crippen molar-refractivity contribution in [1.82, 2.24) is 0 Å². The Morgan fingerprint density at radius 1 is 1.46 bits per heavy atom. The topological polar surface area (TPSA) is 26.3 Å². The van der Waals surface area contributed by atoms with E-state index in [1.54, 1.807) is 13.0 Å². The Hall–Kier alpha value is -0.500. The molecule has 2 nitrogen and oxygen atoms in total. The number of alkyl halides is 1. The Kier molecular flexibility index (Phi) is 7.80. The maximum absolute atomic E-state index is 11.0. The number of unbranched alkanes of at least 4 members (excludes halogenated alkanes) is 1. The van der Waals surface area contributed by atoms with Crippen molar-refractivity contribution >= 4 is 17.6 Å². The highest BCUT2D eigenvalue weighted by atomic mass is 35.5. The third-order valence-electron chi connectivity index (χ3n) is 1.61. The summed E-state index contributed by atoms with van der Waals surface area (Å²) in [5, 5.41) is 0. The summed E-state index contributed by atoms with van der Waals surface area (Å²) in [5.74, 6) is 0.443. The number of halogens is 1. The molecule has 0 N–H and O–H groups in total. The van der Waals surface area contributed by atoms with Crippen molar-refractivity contribution in [3.63, 3.8) is 0 Å². The number of allylic oxidation sites excluding steroid dienone is 1. The lowest BCUT2D eigenvalue weighted by molar-refractivity contribution is -0.137. The number of rotatable bonds is 6. The summed E-state index contributed by atoms with van der Waals surface area (Å²) in [6, 6.07) is 0. The Bertz CT molecular complexity index is 176. The first kappa shape index (κ1) is 12.5. The summed E-state index contributed by atoms with van der Waals surface area (Å²) in [5.41, 5.74) is 1.06. The zero-order chi connectivity index (χ0) is 10.1. The minimum absolute atomic E-state index is 0.245. The van der Waals surface area contributed by atoms with E-state index in [1.165, 1.54) is 0 Å². The molecule has 0 aliphatic rings. The lowest BCUT2D eigenvalue weighted by Crippen LogP contribution is -2.00. The number of ether oxygens (including phenoxy) is 1. The van der Waals surface area contributed by atoms with E-state index < -0.39 is 0 Å². The second-order valence-electron chi connectivity index (χ2n) is 2.89. The van der Waals surface area contributed by atoms with Gasteiger partial charge in [0.2, 0.25) is 0 Å². The maximum Gasteiger partial charge on any atom is 0.330 e. The zero-order valence-electron chi connectivity index (χ0n) is 8.31. The molecular formula is C10H17ClO2. The Balaban J connectivity index is 3.67. The van der Waals surface area contributed by atoms with Crippen LogP contribution in [0.4, 0.5) is 0 Å². The van der Waals surface area contributed by atoms with Crippen LogP contribution in [0.3, 0.4) is 0 Å². The molecule has 13 heavy (non-hydrogen) atoms. The number of hydrogen-bond donors (Lipinski definition) is 0. The predicted molar refractivity (Wildman–Crippen MR) is 55.0 cm³/mol. The summed E-state index contributed by atoms with van der Waals surface area (Å²) in [6.45, 7) is 4.17. The van der Waals surface area contributed by atoms with Gasteiger partial charge in [0.15, 0.2) is 0 Å². The van der Waals surface area contributed by atoms with Gasteiger partial charge in [-0.3, -0.25) is 0 Å². The fourth-order valence-electron chi connectivity index (χ4n) is 0.956. The van der Waals surface area contributed by atoms with Gasteiger partial charge < -0.3 is 4.74 Å². The highest BCUT2D eigenvalue weighted by molar-refractivity contribution is 6.17. The minimum Gasteiger partial charge on any atom is -0.463 e. The smallest absolute Gasteiger partial charge is 0.330 e. The van der Waals surface area contributed by atoms with Crippen LogP contribution in [0.5, 0.6) is 0 Å². The second-order valence-corrected chi connectivity index (χ2v) is 3.27. The van der Waals surface area contributed by atoms with Crippen LogP contribution < -0.4 is 0 Å². The Morgan fingerprint density at radius 2 is 2.15 bits per heavy atom. The number of hydrogen-bond acceptors (Lipinski definition) is 2. The van der Waals surface area contributed by atoms with E-state index in [4.69, 9.17) is 16.3 Å². The first-order chi connectivity index (χ1) is 6.20. The molecule has 0 saturated heterocycles. The van der Waals surface area contributed by atoms with Crippen LogP contribution in [0, 0.1) is 0 Å². The largest absolute Gasteiger partial charge is 0.463 e. The van der Waals surface area contributed by atoms with Gasteiger partial charge in [-0.1, -0.05) is 5.57 Å². The van der Waals surface area contributed by atoms with Crippen molar-refractivity contribution in [3.8, 4) is 0 Å². The fourth-order valence-corrected chi connectivity index (χ4v) is 1.14. The lowest BCUT2D eigenvalue weighted by atomic mass is 10.1. The molecule has 0 amide bonds. The molecule has 0 aromatic heterocycles. The van der Waals surface area contributed by atoms with E-state index in [-0.39, 0.29) is 5.97 Å². The molecule has 0 saturated carbocycles. The van der Waals surface area contributed by atoms with Crippen LogP contribution in [0.2, 0.25) is 0 Å². The summed E-state index contributed by atoms with van der Waals surface area (Å²) in [7, 11) is 0. The van der Waals surface area contributed by atoms with Crippen LogP contribution in [0.1, 0.15) is 33.1 Å². The highest BCUT2D eigenvalue weighted by Gasteiger charge is 1.97. The summed E-state index contributed by atoms with van der Waals surface area (Å²) >= 11 is 5.53. The molecule has 0 unspecified atom stereocenters. The van der Waals surface area contributed by atoms with Gasteiger partial charge >= 0.3 is 5.97 Å². The molecule has 0 rings (SSSR count). The molecule has 0 aromatic carbocycles. The minimum atomic E-state index is -0.245. The van der Waals surface area contributed by atoms with Crippen LogP contribution >= 0.6 is 11.6 Å². The van der Waals surface area contributed by atoms with Crippen molar-refractivity contribution in [2.24, 2.45) is 0 Å². The van der Waals surface area contributed by atoms with Crippen LogP contribution in [0.15, 0.2) is 11.6 Å². The van der Waals surface area contributed by atoms with E-state index in [0.717, 1.165) is 24.8 Å². The van der Waals surface area contributed by atoms with E-state index in [9.17, 15) is 4.79 Å². The van der Waals surface area contributed by atoms with E-state index in [2.05, 4.69) is 0 Å². The van der Waals surface area contributed by atoms with Crippen molar-refractivity contribution in [2.45, 2.75) is 33.1 Å². The molecule has 0 radical (unpaired) electrons. The van der Waals surface area contributed by atoms with Crippen LogP contribution in [0.25, 0.3) is 0 Å². The van der Waals surface area contributed by atoms with E-state index in [0.29, 0.717) is 12.5 Å². The summed E-state index contributed by atoms with van der Waals surface area (Å²) in [6.07, 6.45) is 4.50. The molecule has 0 atom stereocenters. The average Bonchev–Trinajstić information content (AvgIpc) is 2.05. The molecule has 0 aromatic rings. The third-order valence-corrected chi connectivity index (χ3v) is 1.87. The van der Waals surface area contributed by atoms with Crippen molar-refractivity contribution in [1.29, 1.82) is 0 Å². The van der Waals surface area contributed by atoms with E-state index >= 15 is 0 Å². The predicted octanol–water partition coefficient (Wildman–Crippen LogP) is 2.90. The molecule has 0 spiro atoms. The SMILES string of the molecule is CCOC(=O)/C=C(\C)CCCCCl. The Morgan fingerprint density at radius 3 is 2.69 bits per heavy atom. The molecular weight excluding hydrogens is 188 g/mol. The fraction of sp³-hybridized carbons (Fsp3) is 0.700. The molecule has 3 heteroatoms. The normalized spacial score (nSPS) is 11.5. The van der Waals surface area contributed by atoms with Crippen LogP contribution in [-0.2, 0) is 9.53 Å². The number of carbonyl (C=O) groups is 1. The van der Waals surface area contributed by atoms with Gasteiger partial charge in [0.05, 0.1) is 6.61 Å². The molecule has 0 bridgehead atoms. The van der Waals surface area contributed by atoms with Crippen molar-refractivity contribution < 1.29 is 9.53 Å². The molecule has 0 aliphatic carbocycles. The van der Waals surface area contributed by atoms with Crippen molar-refractivity contribution in [2.75, 3.05) is 12.5 Å². The monoisotopic (exact) mass is 204 g/mol. The lowest BCUT2D eigenvalue weighted by Gasteiger charge is -2.00. The third kappa shape index (κ3) is 7.85. The molecule has 0 fully saturated rings. The standard InChI is InChI=1S/C10H17ClO2/c1-3-13-10(12)8-9(2)6-4-5-7-11/h8H,3-7H2,1-2H3/b9-8+. The van der Waals surface area contributed by atoms with Gasteiger partial charge in [-0.05, 0) is 33.1 Å². The van der Waals surface area contributed by atoms with E-state index in [1.807, 2.05) is 6.92 Å². The molecule has 76 valence electrons. The summed E-state index contributed by atoms with van der Waals surface area (Å²) in [4.78, 5) is 11.0. The highest BCUT2D eigenvalue weighted by Crippen LogP contribution is 2.07. The summed E-state index contributed by atoms with van der Waals surface area (Å²) < 4.78 is 4.78. The molecule has 0 aliphatic heterocycles. The first-order valence-corrected chi connectivity index (χ1v) is 5.14. The van der Waals surface area contributed by atoms with Gasteiger partial charge in [0, 0.05) is 12.0 Å². The zero-order valence-corrected chi connectivity index (χ0v) is 9.06. The van der Waals surface area contributed by atoms with Gasteiger partial charge in [-0.2, -0.15) is 0 Å². The van der Waals surface area contributed by atoms with Gasteiger partial charge in [-0.15, -0.1) is 11.6 Å². The second kappa shape index (κ2) is 8.11. The van der Waals surface area contributed by atoms with Gasteiger partial charge in [0.1, 0.15) is 0 Å². The van der Waals surface area contributed by atoms with Gasteiger partial charge in [-0.25, -0.2) is 4.79 Å². The quantitative estimate of drug-likeness (QED) is 0.288. The number of esters is 1.